The molecular weight excluding hydrogens is 310 g/mol. The molecule has 1 N–H and O–H groups in total. The van der Waals surface area contributed by atoms with E-state index in [1.807, 2.05) is 18.2 Å². The van der Waals surface area contributed by atoms with Crippen molar-refractivity contribution in [2.45, 2.75) is 12.6 Å². The zero-order valence-corrected chi connectivity index (χ0v) is 12.7. The lowest BCUT2D eigenvalue weighted by Crippen LogP contribution is -2.35. The minimum absolute atomic E-state index is 0.0256. The summed E-state index contributed by atoms with van der Waals surface area (Å²) < 4.78 is 9.76. The molecule has 2 aromatic rings. The van der Waals surface area contributed by atoms with Gasteiger partial charge in [-0.3, -0.25) is 4.79 Å². The van der Waals surface area contributed by atoms with Gasteiger partial charge in [0.15, 0.2) is 11.8 Å². The molecule has 0 aliphatic carbocycles. The van der Waals surface area contributed by atoms with E-state index >= 15 is 0 Å². The highest BCUT2D eigenvalue weighted by Crippen LogP contribution is 2.12. The second-order valence-electron chi connectivity index (χ2n) is 5.30. The van der Waals surface area contributed by atoms with Crippen LogP contribution in [0.5, 0.6) is 0 Å². The van der Waals surface area contributed by atoms with Gasteiger partial charge in [0.2, 0.25) is 0 Å². The lowest BCUT2D eigenvalue weighted by molar-refractivity contribution is -0.147. The summed E-state index contributed by atoms with van der Waals surface area (Å²) in [6.07, 6.45) is -0.624. The van der Waals surface area contributed by atoms with Crippen LogP contribution >= 0.6 is 0 Å². The molecule has 0 unspecified atom stereocenters. The average Bonchev–Trinajstić information content (AvgIpc) is 3.07. The molecular formula is C18H15NO5. The van der Waals surface area contributed by atoms with Gasteiger partial charge in [-0.05, 0) is 5.56 Å². The van der Waals surface area contributed by atoms with Crippen molar-refractivity contribution < 1.29 is 23.9 Å². The summed E-state index contributed by atoms with van der Waals surface area (Å²) in [7, 11) is 0. The highest BCUT2D eigenvalue weighted by molar-refractivity contribution is 6.08. The number of alkyl carbamates (subject to hydrolysis) is 1. The lowest BCUT2D eigenvalue weighted by Gasteiger charge is -2.09. The van der Waals surface area contributed by atoms with E-state index in [1.54, 1.807) is 36.4 Å². The Morgan fingerprint density at radius 3 is 2.33 bits per heavy atom. The van der Waals surface area contributed by atoms with E-state index in [9.17, 15) is 14.4 Å². The van der Waals surface area contributed by atoms with Gasteiger partial charge in [0, 0.05) is 11.1 Å². The first-order valence-electron chi connectivity index (χ1n) is 7.42. The number of nitrogens with one attached hydrogen (secondary N) is 1. The third kappa shape index (κ3) is 3.60. The summed E-state index contributed by atoms with van der Waals surface area (Å²) in [5, 5.41) is 2.35. The van der Waals surface area contributed by atoms with Crippen molar-refractivity contribution in [1.29, 1.82) is 0 Å². The molecule has 1 heterocycles. The van der Waals surface area contributed by atoms with Crippen molar-refractivity contribution >= 4 is 17.8 Å². The van der Waals surface area contributed by atoms with Gasteiger partial charge in [-0.2, -0.15) is 0 Å². The van der Waals surface area contributed by atoms with Gasteiger partial charge in [0.25, 0.3) is 0 Å². The monoisotopic (exact) mass is 325 g/mol. The van der Waals surface area contributed by atoms with Crippen LogP contribution in [0.15, 0.2) is 54.6 Å². The predicted molar refractivity (Wildman–Crippen MR) is 84.4 cm³/mol. The maximum Gasteiger partial charge on any atom is 0.408 e. The molecule has 1 fully saturated rings. The maximum atomic E-state index is 12.3. The molecule has 0 spiro atoms. The molecule has 1 atom stereocenters. The summed E-state index contributed by atoms with van der Waals surface area (Å²) in [6, 6.07) is 15.1. The quantitative estimate of drug-likeness (QED) is 0.672. The molecule has 6 heteroatoms. The molecule has 0 aromatic heterocycles. The predicted octanol–water partition coefficient (Wildman–Crippen LogP) is 2.07. The lowest BCUT2D eigenvalue weighted by atomic mass is 10.0. The second-order valence-corrected chi connectivity index (χ2v) is 5.30. The van der Waals surface area contributed by atoms with E-state index in [4.69, 9.17) is 4.74 Å². The van der Waals surface area contributed by atoms with Crippen LogP contribution in [0.4, 0.5) is 4.79 Å². The number of esters is 1. The Balaban J connectivity index is 1.58. The Bertz CT molecular complexity index is 755. The van der Waals surface area contributed by atoms with Crippen molar-refractivity contribution in [3.8, 4) is 0 Å². The zero-order valence-electron chi connectivity index (χ0n) is 12.7. The highest BCUT2D eigenvalue weighted by atomic mass is 16.6. The Morgan fingerprint density at radius 1 is 1.04 bits per heavy atom. The summed E-state index contributed by atoms with van der Waals surface area (Å²) in [5.74, 6) is -0.616. The molecule has 1 aliphatic heterocycles. The SMILES string of the molecule is O=C1N[C@H](C(=O)OCc2ccc(C(=O)c3ccccc3)cc2)CO1. The first kappa shape index (κ1) is 15.7. The average molecular weight is 325 g/mol. The van der Waals surface area contributed by atoms with Crippen LogP contribution in [0.25, 0.3) is 0 Å². The Hall–Kier alpha value is -3.15. The number of benzene rings is 2. The number of rotatable bonds is 5. The van der Waals surface area contributed by atoms with E-state index < -0.39 is 18.1 Å². The molecule has 1 saturated heterocycles. The molecule has 24 heavy (non-hydrogen) atoms. The standard InChI is InChI=1S/C18H15NO5/c20-16(13-4-2-1-3-5-13)14-8-6-12(7-9-14)10-23-17(21)15-11-24-18(22)19-15/h1-9,15H,10-11H2,(H,19,22)/t15-/m0/s1. The third-order valence-corrected chi connectivity index (χ3v) is 3.59. The fourth-order valence-electron chi connectivity index (χ4n) is 2.28. The van der Waals surface area contributed by atoms with E-state index in [2.05, 4.69) is 10.1 Å². The normalized spacial score (nSPS) is 16.2. The van der Waals surface area contributed by atoms with Crippen LogP contribution in [0.3, 0.4) is 0 Å². The fourth-order valence-corrected chi connectivity index (χ4v) is 2.28. The summed E-state index contributed by atoms with van der Waals surface area (Å²) in [6.45, 7) is 0.0349. The number of ether oxygens (including phenoxy) is 2. The smallest absolute Gasteiger partial charge is 0.408 e. The molecule has 1 aliphatic rings. The van der Waals surface area contributed by atoms with Gasteiger partial charge in [-0.15, -0.1) is 0 Å². The van der Waals surface area contributed by atoms with E-state index in [-0.39, 0.29) is 19.0 Å². The van der Waals surface area contributed by atoms with Gasteiger partial charge in [0.05, 0.1) is 0 Å². The number of hydrogen-bond acceptors (Lipinski definition) is 5. The summed E-state index contributed by atoms with van der Waals surface area (Å²) in [4.78, 5) is 34.9. The van der Waals surface area contributed by atoms with Gasteiger partial charge in [-0.25, -0.2) is 9.59 Å². The number of carbonyl (C=O) groups excluding carboxylic acids is 3. The fraction of sp³-hybridized carbons (Fsp3) is 0.167. The minimum Gasteiger partial charge on any atom is -0.459 e. The number of cyclic esters (lactones) is 1. The van der Waals surface area contributed by atoms with Crippen molar-refractivity contribution in [3.05, 3.63) is 71.3 Å². The summed E-state index contributed by atoms with van der Waals surface area (Å²) >= 11 is 0. The van der Waals surface area contributed by atoms with Crippen LogP contribution in [-0.2, 0) is 20.9 Å². The van der Waals surface area contributed by atoms with Crippen LogP contribution in [-0.4, -0.2) is 30.5 Å². The minimum atomic E-state index is -0.767. The van der Waals surface area contributed by atoms with Crippen molar-refractivity contribution in [3.63, 3.8) is 0 Å². The van der Waals surface area contributed by atoms with Crippen LogP contribution in [0, 0.1) is 0 Å². The van der Waals surface area contributed by atoms with Crippen molar-refractivity contribution in [2.75, 3.05) is 6.61 Å². The summed E-state index contributed by atoms with van der Waals surface area (Å²) in [5.41, 5.74) is 1.93. The molecule has 0 saturated carbocycles. The van der Waals surface area contributed by atoms with Crippen molar-refractivity contribution in [1.82, 2.24) is 5.32 Å². The Labute approximate surface area is 138 Å². The molecule has 122 valence electrons. The first-order valence-corrected chi connectivity index (χ1v) is 7.42. The molecule has 1 amide bonds. The molecule has 6 nitrogen and oxygen atoms in total. The van der Waals surface area contributed by atoms with Gasteiger partial charge in [0.1, 0.15) is 13.2 Å². The number of ketones is 1. The Morgan fingerprint density at radius 2 is 1.71 bits per heavy atom. The largest absolute Gasteiger partial charge is 0.459 e. The van der Waals surface area contributed by atoms with Gasteiger partial charge >= 0.3 is 12.1 Å². The van der Waals surface area contributed by atoms with Crippen LogP contribution in [0.2, 0.25) is 0 Å². The van der Waals surface area contributed by atoms with Crippen molar-refractivity contribution in [2.24, 2.45) is 0 Å². The highest BCUT2D eigenvalue weighted by Gasteiger charge is 2.30. The molecule has 0 radical (unpaired) electrons. The van der Waals surface area contributed by atoms with Crippen LogP contribution < -0.4 is 5.32 Å². The Kier molecular flexibility index (Phi) is 4.56. The maximum absolute atomic E-state index is 12.3. The molecule has 3 rings (SSSR count). The number of amides is 1. The zero-order chi connectivity index (χ0) is 16.9. The first-order chi connectivity index (χ1) is 11.6. The van der Waals surface area contributed by atoms with E-state index in [0.29, 0.717) is 11.1 Å². The van der Waals surface area contributed by atoms with E-state index in [1.165, 1.54) is 0 Å². The molecule has 2 aromatic carbocycles. The number of carbonyl (C=O) groups is 3. The third-order valence-electron chi connectivity index (χ3n) is 3.59. The topological polar surface area (TPSA) is 81.7 Å². The van der Waals surface area contributed by atoms with Crippen LogP contribution in [0.1, 0.15) is 21.5 Å². The van der Waals surface area contributed by atoms with E-state index in [0.717, 1.165) is 5.56 Å². The van der Waals surface area contributed by atoms with Gasteiger partial charge in [-0.1, -0.05) is 54.6 Å². The van der Waals surface area contributed by atoms with Gasteiger partial charge < -0.3 is 14.8 Å². The second kappa shape index (κ2) is 6.95. The number of hydrogen-bond donors (Lipinski definition) is 1. The molecule has 0 bridgehead atoms.